The molecule has 0 saturated heterocycles. The number of rotatable bonds is 7. The molecular formula is C24H29N3O3. The number of nitrogens with zero attached hydrogens (tertiary/aromatic N) is 2. The molecule has 4 rings (SSSR count). The summed E-state index contributed by atoms with van der Waals surface area (Å²) in [6.45, 7) is 7.32. The summed E-state index contributed by atoms with van der Waals surface area (Å²) in [5.74, 6) is 1.18. The molecule has 0 spiro atoms. The molecule has 0 bridgehead atoms. The van der Waals surface area contributed by atoms with E-state index >= 15 is 0 Å². The fourth-order valence-corrected chi connectivity index (χ4v) is 4.07. The van der Waals surface area contributed by atoms with Crippen molar-refractivity contribution in [3.63, 3.8) is 0 Å². The number of ether oxygens (including phenoxy) is 1. The number of hydrogen-bond acceptors (Lipinski definition) is 5. The normalized spacial score (nSPS) is 14.7. The zero-order valence-corrected chi connectivity index (χ0v) is 17.9. The highest BCUT2D eigenvalue weighted by Gasteiger charge is 2.28. The van der Waals surface area contributed by atoms with E-state index in [-0.39, 0.29) is 11.7 Å². The minimum Gasteiger partial charge on any atom is -0.507 e. The van der Waals surface area contributed by atoms with Crippen molar-refractivity contribution in [2.75, 3.05) is 20.2 Å². The van der Waals surface area contributed by atoms with Crippen LogP contribution in [0.2, 0.25) is 0 Å². The summed E-state index contributed by atoms with van der Waals surface area (Å²) in [6, 6.07) is 9.51. The molecule has 2 N–H and O–H groups in total. The van der Waals surface area contributed by atoms with Crippen molar-refractivity contribution in [1.82, 2.24) is 10.2 Å². The average molecular weight is 408 g/mol. The topological polar surface area (TPSA) is 74.2 Å². The van der Waals surface area contributed by atoms with Crippen LogP contribution in [0.5, 0.6) is 11.5 Å². The summed E-state index contributed by atoms with van der Waals surface area (Å²) in [5, 5.41) is 13.6. The Balaban J connectivity index is 1.52. The third kappa shape index (κ3) is 4.05. The van der Waals surface area contributed by atoms with E-state index in [1.54, 1.807) is 11.0 Å². The molecule has 0 unspecified atom stereocenters. The highest BCUT2D eigenvalue weighted by atomic mass is 16.5. The Hall–Kier alpha value is -2.86. The first-order chi connectivity index (χ1) is 14.5. The predicted octanol–water partition coefficient (Wildman–Crippen LogP) is 3.50. The van der Waals surface area contributed by atoms with Crippen molar-refractivity contribution in [2.24, 2.45) is 10.9 Å². The number of nitrogens with one attached hydrogen (secondary N) is 1. The first-order valence-electron chi connectivity index (χ1n) is 10.5. The predicted molar refractivity (Wildman–Crippen MR) is 117 cm³/mol. The Morgan fingerprint density at radius 1 is 1.20 bits per heavy atom. The highest BCUT2D eigenvalue weighted by Crippen LogP contribution is 2.33. The fourth-order valence-electron chi connectivity index (χ4n) is 4.07. The lowest BCUT2D eigenvalue weighted by molar-refractivity contribution is 0.0748. The number of likely N-dealkylation sites (N-methyl/N-ethyl adjacent to an activating group) is 1. The van der Waals surface area contributed by atoms with Crippen LogP contribution in [0.25, 0.3) is 0 Å². The summed E-state index contributed by atoms with van der Waals surface area (Å²) in [4.78, 5) is 19.6. The molecule has 0 saturated carbocycles. The van der Waals surface area contributed by atoms with Crippen LogP contribution in [0.15, 0.2) is 35.3 Å². The van der Waals surface area contributed by atoms with E-state index in [0.29, 0.717) is 37.7 Å². The monoisotopic (exact) mass is 407 g/mol. The summed E-state index contributed by atoms with van der Waals surface area (Å²) in [7, 11) is 1.89. The number of amides is 1. The van der Waals surface area contributed by atoms with Crippen molar-refractivity contribution in [1.29, 1.82) is 0 Å². The molecule has 0 fully saturated rings. The Morgan fingerprint density at radius 2 is 2.00 bits per heavy atom. The largest absolute Gasteiger partial charge is 0.507 e. The molecule has 6 nitrogen and oxygen atoms in total. The minimum atomic E-state index is -0.153. The first-order valence-corrected chi connectivity index (χ1v) is 10.5. The second-order valence-electron chi connectivity index (χ2n) is 8.43. The molecule has 2 aromatic carbocycles. The van der Waals surface area contributed by atoms with E-state index in [0.717, 1.165) is 46.7 Å². The van der Waals surface area contributed by atoms with Gasteiger partial charge in [-0.1, -0.05) is 19.9 Å². The molecule has 158 valence electrons. The molecule has 1 amide bonds. The van der Waals surface area contributed by atoms with Gasteiger partial charge in [0.2, 0.25) is 0 Å². The van der Waals surface area contributed by atoms with Gasteiger partial charge in [0.25, 0.3) is 5.91 Å². The smallest absolute Gasteiger partial charge is 0.258 e. The standard InChI is InChI=1S/C24H29N3O3/c1-15(2)8-22-20-11-21(23(28)10-17(20)12-26-22)24(29)27-13-16-4-5-19(9-18(16)14-27)30-7-6-25-3/h4-5,9-11,15,25,28H,6-8,12-14H2,1-3H3. The molecular weight excluding hydrogens is 378 g/mol. The molecule has 6 heteroatoms. The summed E-state index contributed by atoms with van der Waals surface area (Å²) >= 11 is 0. The van der Waals surface area contributed by atoms with E-state index < -0.39 is 0 Å². The molecule has 0 atom stereocenters. The van der Waals surface area contributed by atoms with E-state index in [1.807, 2.05) is 31.3 Å². The molecule has 2 heterocycles. The van der Waals surface area contributed by atoms with E-state index in [9.17, 15) is 9.90 Å². The van der Waals surface area contributed by atoms with Crippen LogP contribution in [0, 0.1) is 5.92 Å². The molecule has 2 aliphatic rings. The molecule has 30 heavy (non-hydrogen) atoms. The lowest BCUT2D eigenvalue weighted by Crippen LogP contribution is -2.25. The Kier molecular flexibility index (Phi) is 5.77. The number of aliphatic imine (C=N–C) groups is 1. The van der Waals surface area contributed by atoms with Crippen LogP contribution in [-0.2, 0) is 19.6 Å². The molecule has 0 aliphatic carbocycles. The van der Waals surface area contributed by atoms with Crippen molar-refractivity contribution in [3.8, 4) is 11.5 Å². The Labute approximate surface area is 177 Å². The molecule has 0 aromatic heterocycles. The lowest BCUT2D eigenvalue weighted by Gasteiger charge is -2.17. The van der Waals surface area contributed by atoms with Gasteiger partial charge < -0.3 is 20.1 Å². The maximum atomic E-state index is 13.2. The zero-order chi connectivity index (χ0) is 21.3. The van der Waals surface area contributed by atoms with Crippen LogP contribution in [-0.4, -0.2) is 41.8 Å². The van der Waals surface area contributed by atoms with E-state index in [2.05, 4.69) is 24.2 Å². The number of carbonyl (C=O) groups is 1. The summed E-state index contributed by atoms with van der Waals surface area (Å²) in [5.41, 5.74) is 5.59. The molecule has 0 radical (unpaired) electrons. The Morgan fingerprint density at radius 3 is 2.77 bits per heavy atom. The average Bonchev–Trinajstić information content (AvgIpc) is 3.30. The van der Waals surface area contributed by atoms with Gasteiger partial charge in [0.1, 0.15) is 18.1 Å². The van der Waals surface area contributed by atoms with Gasteiger partial charge in [-0.25, -0.2) is 0 Å². The SMILES string of the molecule is CNCCOc1ccc2c(c1)CN(C(=O)c1cc3c(cc1O)CN=C3CC(C)C)C2. The van der Waals surface area contributed by atoms with Crippen LogP contribution in [0.3, 0.4) is 0 Å². The van der Waals surface area contributed by atoms with Crippen molar-refractivity contribution >= 4 is 11.6 Å². The third-order valence-corrected chi connectivity index (χ3v) is 5.61. The first kappa shape index (κ1) is 20.4. The number of phenolic OH excluding ortho intramolecular Hbond substituents is 1. The number of phenols is 1. The second-order valence-corrected chi connectivity index (χ2v) is 8.43. The molecule has 2 aliphatic heterocycles. The summed E-state index contributed by atoms with van der Waals surface area (Å²) < 4.78 is 5.75. The summed E-state index contributed by atoms with van der Waals surface area (Å²) in [6.07, 6.45) is 0.872. The van der Waals surface area contributed by atoms with Gasteiger partial charge >= 0.3 is 0 Å². The van der Waals surface area contributed by atoms with Crippen LogP contribution >= 0.6 is 0 Å². The van der Waals surface area contributed by atoms with Gasteiger partial charge in [0.15, 0.2) is 0 Å². The van der Waals surface area contributed by atoms with E-state index in [1.165, 1.54) is 0 Å². The van der Waals surface area contributed by atoms with E-state index in [4.69, 9.17) is 4.74 Å². The zero-order valence-electron chi connectivity index (χ0n) is 17.9. The van der Waals surface area contributed by atoms with Gasteiger partial charge in [-0.05, 0) is 60.3 Å². The number of fused-ring (bicyclic) bond motifs is 2. The van der Waals surface area contributed by atoms with Crippen LogP contribution in [0.1, 0.15) is 52.9 Å². The van der Waals surface area contributed by atoms with Gasteiger partial charge in [-0.3, -0.25) is 9.79 Å². The van der Waals surface area contributed by atoms with Crippen molar-refractivity contribution in [3.05, 3.63) is 58.1 Å². The second kappa shape index (κ2) is 8.48. The number of hydrogen-bond donors (Lipinski definition) is 2. The van der Waals surface area contributed by atoms with Gasteiger partial charge in [-0.15, -0.1) is 0 Å². The van der Waals surface area contributed by atoms with Gasteiger partial charge in [0.05, 0.1) is 12.1 Å². The van der Waals surface area contributed by atoms with Gasteiger partial charge in [-0.2, -0.15) is 0 Å². The number of benzene rings is 2. The van der Waals surface area contributed by atoms with Crippen molar-refractivity contribution < 1.29 is 14.6 Å². The minimum absolute atomic E-state index is 0.0341. The fraction of sp³-hybridized carbons (Fsp3) is 0.417. The quantitative estimate of drug-likeness (QED) is 0.689. The number of carbonyl (C=O) groups excluding carboxylic acids is 1. The van der Waals surface area contributed by atoms with Crippen LogP contribution in [0.4, 0.5) is 0 Å². The molecule has 2 aromatic rings. The third-order valence-electron chi connectivity index (χ3n) is 5.61. The highest BCUT2D eigenvalue weighted by molar-refractivity contribution is 6.07. The maximum Gasteiger partial charge on any atom is 0.258 e. The lowest BCUT2D eigenvalue weighted by atomic mass is 9.96. The van der Waals surface area contributed by atoms with Crippen LogP contribution < -0.4 is 10.1 Å². The maximum absolute atomic E-state index is 13.2. The Bertz CT molecular complexity index is 997. The number of aromatic hydroxyl groups is 1. The van der Waals surface area contributed by atoms with Gasteiger partial charge in [0, 0.05) is 30.9 Å². The van der Waals surface area contributed by atoms with Crippen molar-refractivity contribution in [2.45, 2.75) is 39.9 Å².